The highest BCUT2D eigenvalue weighted by Crippen LogP contribution is 2.15. The third-order valence-electron chi connectivity index (χ3n) is 2.28. The maximum absolute atomic E-state index is 11.8. The molecule has 0 aliphatic carbocycles. The molecule has 1 N–H and O–H groups in total. The third-order valence-corrected chi connectivity index (χ3v) is 3.77. The maximum Gasteiger partial charge on any atom is 0.433 e. The molecule has 0 spiro atoms. The number of furan rings is 1. The van der Waals surface area contributed by atoms with Crippen LogP contribution in [0.4, 0.5) is 5.88 Å². The van der Waals surface area contributed by atoms with Crippen molar-refractivity contribution in [1.29, 1.82) is 0 Å². The van der Waals surface area contributed by atoms with Crippen molar-refractivity contribution in [3.8, 4) is 0 Å². The van der Waals surface area contributed by atoms with Gasteiger partial charge in [-0.1, -0.05) is 11.6 Å². The van der Waals surface area contributed by atoms with E-state index in [1.54, 1.807) is 0 Å². The number of nitro groups is 1. The van der Waals surface area contributed by atoms with Gasteiger partial charge in [-0.15, -0.1) is 0 Å². The Morgan fingerprint density at radius 2 is 1.90 bits per heavy atom. The molecule has 1 aromatic heterocycles. The third kappa shape index (κ3) is 3.80. The Morgan fingerprint density at radius 1 is 1.24 bits per heavy atom. The molecule has 2 aromatic rings. The summed E-state index contributed by atoms with van der Waals surface area (Å²) in [5.41, 5.74) is 0. The summed E-state index contributed by atoms with van der Waals surface area (Å²) >= 11 is 5.66. The summed E-state index contributed by atoms with van der Waals surface area (Å²) in [5.74, 6) is -0.419. The van der Waals surface area contributed by atoms with Crippen molar-refractivity contribution in [2.24, 2.45) is 5.10 Å². The molecule has 1 heterocycles. The Labute approximate surface area is 124 Å². The minimum absolute atomic E-state index is 0.0190. The number of sulfonamides is 1. The lowest BCUT2D eigenvalue weighted by Crippen LogP contribution is -2.18. The van der Waals surface area contributed by atoms with Crippen LogP contribution in [0, 0.1) is 10.1 Å². The molecule has 8 nitrogen and oxygen atoms in total. The number of hydrazone groups is 1. The molecule has 21 heavy (non-hydrogen) atoms. The minimum atomic E-state index is -3.84. The molecule has 0 saturated heterocycles. The lowest BCUT2D eigenvalue weighted by atomic mass is 10.4. The van der Waals surface area contributed by atoms with Crippen LogP contribution in [0.15, 0.2) is 50.8 Å². The van der Waals surface area contributed by atoms with E-state index < -0.39 is 20.8 Å². The van der Waals surface area contributed by atoms with Gasteiger partial charge in [-0.05, 0) is 30.3 Å². The topological polar surface area (TPSA) is 115 Å². The molecule has 0 fully saturated rings. The van der Waals surface area contributed by atoms with Gasteiger partial charge < -0.3 is 4.42 Å². The predicted octanol–water partition coefficient (Wildman–Crippen LogP) is 2.15. The molecule has 0 radical (unpaired) electrons. The Hall–Kier alpha value is -2.39. The van der Waals surface area contributed by atoms with Crippen molar-refractivity contribution in [3.63, 3.8) is 0 Å². The lowest BCUT2D eigenvalue weighted by molar-refractivity contribution is -0.402. The van der Waals surface area contributed by atoms with Crippen molar-refractivity contribution in [3.05, 3.63) is 57.3 Å². The van der Waals surface area contributed by atoms with Crippen LogP contribution in [0.2, 0.25) is 5.02 Å². The van der Waals surface area contributed by atoms with Gasteiger partial charge in [0.1, 0.15) is 4.92 Å². The van der Waals surface area contributed by atoms with Gasteiger partial charge in [0.2, 0.25) is 0 Å². The number of nitrogens with zero attached hydrogens (tertiary/aromatic N) is 2. The number of benzene rings is 1. The van der Waals surface area contributed by atoms with Gasteiger partial charge in [0.05, 0.1) is 17.2 Å². The number of halogens is 1. The molecular formula is C11H8ClN3O5S. The highest BCUT2D eigenvalue weighted by atomic mass is 35.5. The van der Waals surface area contributed by atoms with Crippen molar-refractivity contribution in [1.82, 2.24) is 4.83 Å². The number of hydrogen-bond donors (Lipinski definition) is 1. The standard InChI is InChI=1S/C11H8ClN3O5S/c12-8-1-4-10(5-2-8)21(18,19)14-13-7-9-3-6-11(20-9)15(16)17/h1-7,14H/b13-7+. The fraction of sp³-hybridized carbons (Fsp3) is 0. The van der Waals surface area contributed by atoms with Gasteiger partial charge in [-0.25, -0.2) is 0 Å². The van der Waals surface area contributed by atoms with Gasteiger partial charge in [0.25, 0.3) is 10.0 Å². The average Bonchev–Trinajstić information content (AvgIpc) is 2.88. The van der Waals surface area contributed by atoms with Gasteiger partial charge in [-0.3, -0.25) is 10.1 Å². The molecule has 0 saturated carbocycles. The molecule has 0 aliphatic heterocycles. The van der Waals surface area contributed by atoms with E-state index in [0.29, 0.717) is 5.02 Å². The SMILES string of the molecule is O=[N+]([O-])c1ccc(/C=N/NS(=O)(=O)c2ccc(Cl)cc2)o1. The van der Waals surface area contributed by atoms with Gasteiger partial charge in [-0.2, -0.15) is 18.4 Å². The maximum atomic E-state index is 11.8. The first kappa shape index (κ1) is 15.0. The molecule has 1 aromatic carbocycles. The summed E-state index contributed by atoms with van der Waals surface area (Å²) in [6, 6.07) is 7.91. The van der Waals surface area contributed by atoms with E-state index in [1.807, 2.05) is 4.83 Å². The van der Waals surface area contributed by atoms with E-state index in [4.69, 9.17) is 16.0 Å². The Kier molecular flexibility index (Phi) is 4.24. The number of hydrogen-bond acceptors (Lipinski definition) is 6. The van der Waals surface area contributed by atoms with E-state index in [2.05, 4.69) is 5.10 Å². The van der Waals surface area contributed by atoms with Crippen molar-refractivity contribution in [2.75, 3.05) is 0 Å². The van der Waals surface area contributed by atoms with E-state index in [-0.39, 0.29) is 10.7 Å². The summed E-state index contributed by atoms with van der Waals surface area (Å²) in [5, 5.41) is 14.3. The number of nitrogens with one attached hydrogen (secondary N) is 1. The van der Waals surface area contributed by atoms with E-state index >= 15 is 0 Å². The minimum Gasteiger partial charge on any atom is -0.400 e. The molecule has 0 bridgehead atoms. The first-order valence-corrected chi connectivity index (χ1v) is 7.29. The van der Waals surface area contributed by atoms with Gasteiger partial charge in [0, 0.05) is 5.02 Å². The summed E-state index contributed by atoms with van der Waals surface area (Å²) in [7, 11) is -3.84. The molecule has 110 valence electrons. The lowest BCUT2D eigenvalue weighted by Gasteiger charge is -2.02. The van der Waals surface area contributed by atoms with E-state index in [9.17, 15) is 18.5 Å². The van der Waals surface area contributed by atoms with Gasteiger partial charge >= 0.3 is 5.88 Å². The highest BCUT2D eigenvalue weighted by Gasteiger charge is 2.13. The second kappa shape index (κ2) is 5.94. The summed E-state index contributed by atoms with van der Waals surface area (Å²) in [6.07, 6.45) is 1.01. The van der Waals surface area contributed by atoms with E-state index in [1.165, 1.54) is 30.3 Å². The van der Waals surface area contributed by atoms with Crippen molar-refractivity contribution < 1.29 is 17.8 Å². The van der Waals surface area contributed by atoms with Crippen LogP contribution in [0.3, 0.4) is 0 Å². The fourth-order valence-electron chi connectivity index (χ4n) is 1.34. The molecule has 0 amide bonds. The monoisotopic (exact) mass is 329 g/mol. The second-order valence-electron chi connectivity index (χ2n) is 3.74. The van der Waals surface area contributed by atoms with Crippen molar-refractivity contribution >= 4 is 33.7 Å². The first-order chi connectivity index (χ1) is 9.88. The Balaban J connectivity index is 2.08. The van der Waals surface area contributed by atoms with Crippen LogP contribution in [0.5, 0.6) is 0 Å². The molecule has 2 rings (SSSR count). The Morgan fingerprint density at radius 3 is 2.48 bits per heavy atom. The van der Waals surface area contributed by atoms with Crippen LogP contribution in [0.25, 0.3) is 0 Å². The first-order valence-electron chi connectivity index (χ1n) is 5.43. The zero-order valence-electron chi connectivity index (χ0n) is 10.3. The predicted molar refractivity (Wildman–Crippen MR) is 74.7 cm³/mol. The zero-order valence-corrected chi connectivity index (χ0v) is 11.8. The van der Waals surface area contributed by atoms with Crippen LogP contribution < -0.4 is 4.83 Å². The average molecular weight is 330 g/mol. The van der Waals surface area contributed by atoms with Crippen LogP contribution >= 0.6 is 11.6 Å². The second-order valence-corrected chi connectivity index (χ2v) is 5.84. The smallest absolute Gasteiger partial charge is 0.400 e. The summed E-state index contributed by atoms with van der Waals surface area (Å²) < 4.78 is 28.5. The van der Waals surface area contributed by atoms with Crippen LogP contribution in [0.1, 0.15) is 5.76 Å². The van der Waals surface area contributed by atoms with Crippen LogP contribution in [-0.2, 0) is 10.0 Å². The Bertz CT molecular complexity index is 782. The van der Waals surface area contributed by atoms with Gasteiger partial charge in [0.15, 0.2) is 5.76 Å². The summed E-state index contributed by atoms with van der Waals surface area (Å²) in [6.45, 7) is 0. The molecule has 10 heteroatoms. The quantitative estimate of drug-likeness (QED) is 0.512. The molecule has 0 atom stereocenters. The zero-order chi connectivity index (χ0) is 15.5. The molecular weight excluding hydrogens is 322 g/mol. The largest absolute Gasteiger partial charge is 0.433 e. The molecule has 0 aliphatic rings. The van der Waals surface area contributed by atoms with Crippen molar-refractivity contribution in [2.45, 2.75) is 4.90 Å². The normalized spacial score (nSPS) is 11.7. The molecule has 0 unspecified atom stereocenters. The number of rotatable bonds is 5. The fourth-order valence-corrected chi connectivity index (χ4v) is 2.25. The summed E-state index contributed by atoms with van der Waals surface area (Å²) in [4.78, 5) is 11.6. The highest BCUT2D eigenvalue weighted by molar-refractivity contribution is 7.89. The van der Waals surface area contributed by atoms with E-state index in [0.717, 1.165) is 12.3 Å². The van der Waals surface area contributed by atoms with Crippen LogP contribution in [-0.4, -0.2) is 19.6 Å².